The standard InChI is InChI=1S/C22H20Cl2N4O3S/c1-13-4-2-5-16(8-13)32(30,31)28-12-14(25)9-19-20(28)10-15(11-26-19)27-22(29)21-17(23)6-3-7-18(21)24/h2-8,10-11,14H,9,12,25H2,1H3,(H,27,29)/t14-/m1/s1. The van der Waals surface area contributed by atoms with Gasteiger partial charge in [0.1, 0.15) is 0 Å². The molecule has 10 heteroatoms. The topological polar surface area (TPSA) is 105 Å². The van der Waals surface area contributed by atoms with Crippen LogP contribution in [-0.4, -0.2) is 31.9 Å². The van der Waals surface area contributed by atoms with Crippen LogP contribution in [-0.2, 0) is 16.4 Å². The zero-order valence-corrected chi connectivity index (χ0v) is 19.4. The first kappa shape index (κ1) is 22.5. The van der Waals surface area contributed by atoms with Gasteiger partial charge < -0.3 is 11.1 Å². The van der Waals surface area contributed by atoms with E-state index in [2.05, 4.69) is 10.3 Å². The highest BCUT2D eigenvalue weighted by molar-refractivity contribution is 7.92. The largest absolute Gasteiger partial charge is 0.326 e. The number of hydrogen-bond acceptors (Lipinski definition) is 5. The predicted octanol–water partition coefficient (Wildman–Crippen LogP) is 4.03. The van der Waals surface area contributed by atoms with Gasteiger partial charge in [-0.1, -0.05) is 41.4 Å². The van der Waals surface area contributed by atoms with Gasteiger partial charge in [-0.05, 0) is 42.8 Å². The Balaban J connectivity index is 1.72. The minimum Gasteiger partial charge on any atom is -0.326 e. The fourth-order valence-corrected chi connectivity index (χ4v) is 5.80. The number of nitrogens with one attached hydrogen (secondary N) is 1. The zero-order valence-electron chi connectivity index (χ0n) is 17.0. The third kappa shape index (κ3) is 4.31. The molecule has 0 saturated heterocycles. The van der Waals surface area contributed by atoms with Crippen molar-refractivity contribution in [3.05, 3.63) is 81.6 Å². The van der Waals surface area contributed by atoms with Crippen LogP contribution < -0.4 is 15.4 Å². The van der Waals surface area contributed by atoms with E-state index in [0.717, 1.165) is 5.56 Å². The van der Waals surface area contributed by atoms with Crippen molar-refractivity contribution in [2.24, 2.45) is 5.73 Å². The number of nitrogens with two attached hydrogens (primary N) is 1. The molecule has 0 spiro atoms. The number of fused-ring (bicyclic) bond motifs is 1. The van der Waals surface area contributed by atoms with Crippen LogP contribution in [0.4, 0.5) is 11.4 Å². The summed E-state index contributed by atoms with van der Waals surface area (Å²) in [6.45, 7) is 1.92. The molecule has 2 heterocycles. The van der Waals surface area contributed by atoms with Crippen molar-refractivity contribution in [2.45, 2.75) is 24.3 Å². The molecule has 0 unspecified atom stereocenters. The second-order valence-electron chi connectivity index (χ2n) is 7.56. The summed E-state index contributed by atoms with van der Waals surface area (Å²) in [4.78, 5) is 17.3. The van der Waals surface area contributed by atoms with Gasteiger partial charge in [0.25, 0.3) is 15.9 Å². The lowest BCUT2D eigenvalue weighted by atomic mass is 10.1. The highest BCUT2D eigenvalue weighted by atomic mass is 35.5. The van der Waals surface area contributed by atoms with Gasteiger partial charge in [0.05, 0.1) is 43.8 Å². The van der Waals surface area contributed by atoms with E-state index in [-0.39, 0.29) is 27.0 Å². The van der Waals surface area contributed by atoms with Crippen molar-refractivity contribution in [3.8, 4) is 0 Å². The van der Waals surface area contributed by atoms with E-state index in [0.29, 0.717) is 23.5 Å². The summed E-state index contributed by atoms with van der Waals surface area (Å²) < 4.78 is 28.1. The molecular weight excluding hydrogens is 471 g/mol. The van der Waals surface area contributed by atoms with E-state index in [1.807, 2.05) is 13.0 Å². The number of amides is 1. The molecule has 1 atom stereocenters. The molecule has 7 nitrogen and oxygen atoms in total. The maximum absolute atomic E-state index is 13.4. The van der Waals surface area contributed by atoms with E-state index in [1.165, 1.54) is 10.5 Å². The second kappa shape index (κ2) is 8.71. The molecule has 32 heavy (non-hydrogen) atoms. The van der Waals surface area contributed by atoms with Gasteiger partial charge in [-0.15, -0.1) is 0 Å². The van der Waals surface area contributed by atoms with E-state index >= 15 is 0 Å². The lowest BCUT2D eigenvalue weighted by Crippen LogP contribution is -2.46. The van der Waals surface area contributed by atoms with Gasteiger partial charge in [0.2, 0.25) is 0 Å². The van der Waals surface area contributed by atoms with Gasteiger partial charge in [-0.25, -0.2) is 8.42 Å². The van der Waals surface area contributed by atoms with Gasteiger partial charge in [-0.2, -0.15) is 0 Å². The number of aryl methyl sites for hydroxylation is 1. The molecule has 1 aliphatic rings. The van der Waals surface area contributed by atoms with Gasteiger partial charge in [-0.3, -0.25) is 14.1 Å². The molecule has 0 radical (unpaired) electrons. The van der Waals surface area contributed by atoms with Crippen LogP contribution in [0.1, 0.15) is 21.6 Å². The van der Waals surface area contributed by atoms with E-state index < -0.39 is 22.0 Å². The summed E-state index contributed by atoms with van der Waals surface area (Å²) in [7, 11) is -3.88. The molecule has 1 amide bonds. The Morgan fingerprint density at radius 2 is 1.84 bits per heavy atom. The fraction of sp³-hybridized carbons (Fsp3) is 0.182. The van der Waals surface area contributed by atoms with Crippen molar-refractivity contribution in [1.29, 1.82) is 0 Å². The molecule has 0 fully saturated rings. The third-order valence-corrected chi connectivity index (χ3v) is 7.50. The van der Waals surface area contributed by atoms with Gasteiger partial charge >= 0.3 is 0 Å². The summed E-state index contributed by atoms with van der Waals surface area (Å²) in [5.41, 5.74) is 8.29. The number of pyridine rings is 1. The molecule has 2 aromatic carbocycles. The zero-order chi connectivity index (χ0) is 23.0. The number of halogens is 2. The summed E-state index contributed by atoms with van der Waals surface area (Å²) >= 11 is 12.2. The summed E-state index contributed by atoms with van der Waals surface area (Å²) in [5, 5.41) is 3.11. The quantitative estimate of drug-likeness (QED) is 0.574. The Kier molecular flexibility index (Phi) is 6.13. The van der Waals surface area contributed by atoms with Crippen LogP contribution >= 0.6 is 23.2 Å². The Morgan fingerprint density at radius 1 is 1.16 bits per heavy atom. The highest BCUT2D eigenvalue weighted by Crippen LogP contribution is 2.33. The predicted molar refractivity (Wildman–Crippen MR) is 126 cm³/mol. The van der Waals surface area contributed by atoms with E-state index in [1.54, 1.807) is 42.5 Å². The number of aromatic nitrogens is 1. The Labute approximate surface area is 196 Å². The number of carbonyl (C=O) groups excluding carboxylic acids is 1. The molecular formula is C22H20Cl2N4O3S. The minimum absolute atomic E-state index is 0.0959. The fourth-order valence-electron chi connectivity index (χ4n) is 3.59. The molecule has 4 rings (SSSR count). The number of sulfonamides is 1. The van der Waals surface area contributed by atoms with Crippen molar-refractivity contribution >= 4 is 50.5 Å². The number of nitrogens with zero attached hydrogens (tertiary/aromatic N) is 2. The highest BCUT2D eigenvalue weighted by Gasteiger charge is 2.33. The Hall–Kier alpha value is -2.65. The van der Waals surface area contributed by atoms with Crippen LogP contribution in [0.25, 0.3) is 0 Å². The molecule has 0 aliphatic carbocycles. The second-order valence-corrected chi connectivity index (χ2v) is 10.2. The molecule has 1 aromatic heterocycles. The lowest BCUT2D eigenvalue weighted by molar-refractivity contribution is 0.102. The van der Waals surface area contributed by atoms with Crippen molar-refractivity contribution in [1.82, 2.24) is 4.98 Å². The summed E-state index contributed by atoms with van der Waals surface area (Å²) in [6, 6.07) is 12.6. The van der Waals surface area contributed by atoms with Crippen LogP contribution in [0.5, 0.6) is 0 Å². The summed E-state index contributed by atoms with van der Waals surface area (Å²) in [5.74, 6) is -0.525. The Morgan fingerprint density at radius 3 is 2.53 bits per heavy atom. The monoisotopic (exact) mass is 490 g/mol. The molecule has 3 aromatic rings. The first-order valence-electron chi connectivity index (χ1n) is 9.76. The van der Waals surface area contributed by atoms with E-state index in [9.17, 15) is 13.2 Å². The first-order chi connectivity index (χ1) is 15.2. The SMILES string of the molecule is Cc1cccc(S(=O)(=O)N2C[C@H](N)Cc3ncc(NC(=O)c4c(Cl)cccc4Cl)cc32)c1. The van der Waals surface area contributed by atoms with E-state index in [4.69, 9.17) is 28.9 Å². The third-order valence-electron chi connectivity index (χ3n) is 5.10. The van der Waals surface area contributed by atoms with Crippen molar-refractivity contribution in [2.75, 3.05) is 16.2 Å². The van der Waals surface area contributed by atoms with Gasteiger partial charge in [0, 0.05) is 19.0 Å². The minimum atomic E-state index is -3.88. The number of anilines is 2. The van der Waals surface area contributed by atoms with Crippen LogP contribution in [0, 0.1) is 6.92 Å². The number of rotatable bonds is 4. The molecule has 0 saturated carbocycles. The van der Waals surface area contributed by atoms with Crippen LogP contribution in [0.3, 0.4) is 0 Å². The number of carbonyl (C=O) groups is 1. The number of benzene rings is 2. The molecule has 3 N–H and O–H groups in total. The molecule has 166 valence electrons. The van der Waals surface area contributed by atoms with Crippen LogP contribution in [0.15, 0.2) is 59.6 Å². The van der Waals surface area contributed by atoms with Crippen LogP contribution in [0.2, 0.25) is 10.0 Å². The average molecular weight is 491 g/mol. The van der Waals surface area contributed by atoms with Crippen molar-refractivity contribution in [3.63, 3.8) is 0 Å². The molecule has 1 aliphatic heterocycles. The Bertz CT molecular complexity index is 1290. The lowest BCUT2D eigenvalue weighted by Gasteiger charge is -2.33. The first-order valence-corrected chi connectivity index (χ1v) is 12.0. The maximum Gasteiger partial charge on any atom is 0.264 e. The average Bonchev–Trinajstić information content (AvgIpc) is 2.73. The maximum atomic E-state index is 13.4. The number of hydrogen-bond donors (Lipinski definition) is 2. The van der Waals surface area contributed by atoms with Crippen molar-refractivity contribution < 1.29 is 13.2 Å². The smallest absolute Gasteiger partial charge is 0.264 e. The summed E-state index contributed by atoms with van der Waals surface area (Å²) in [6.07, 6.45) is 1.87. The normalized spacial score (nSPS) is 15.9. The molecule has 0 bridgehead atoms. The van der Waals surface area contributed by atoms with Gasteiger partial charge in [0.15, 0.2) is 0 Å².